The van der Waals surface area contributed by atoms with Gasteiger partial charge in [-0.25, -0.2) is 0 Å². The molecular formula is C16H25N3O2. The Morgan fingerprint density at radius 1 is 1.38 bits per heavy atom. The summed E-state index contributed by atoms with van der Waals surface area (Å²) in [6.45, 7) is 2.35. The molecule has 1 saturated heterocycles. The summed E-state index contributed by atoms with van der Waals surface area (Å²) in [5.41, 5.74) is 1.93. The molecule has 1 aliphatic heterocycles. The first-order valence-corrected chi connectivity index (χ1v) is 7.49. The molecule has 1 aromatic rings. The Kier molecular flexibility index (Phi) is 5.59. The second kappa shape index (κ2) is 7.43. The molecule has 2 rings (SSSR count). The van der Waals surface area contributed by atoms with Crippen LogP contribution in [0.2, 0.25) is 0 Å². The second-order valence-electron chi connectivity index (χ2n) is 5.92. The smallest absolute Gasteiger partial charge is 0.238 e. The van der Waals surface area contributed by atoms with Gasteiger partial charge < -0.3 is 15.3 Å². The van der Waals surface area contributed by atoms with Crippen molar-refractivity contribution in [2.45, 2.75) is 12.8 Å². The SMILES string of the molecule is CN(C)c1ccc(NC(=O)CN2CCCC(CO)C2)cc1. The van der Waals surface area contributed by atoms with E-state index < -0.39 is 0 Å². The fourth-order valence-electron chi connectivity index (χ4n) is 2.69. The summed E-state index contributed by atoms with van der Waals surface area (Å²) in [6.07, 6.45) is 2.11. The third kappa shape index (κ3) is 4.72. The van der Waals surface area contributed by atoms with Gasteiger partial charge in [0.1, 0.15) is 0 Å². The Bertz CT molecular complexity index is 459. The predicted octanol–water partition coefficient (Wildman–Crippen LogP) is 1.40. The van der Waals surface area contributed by atoms with Gasteiger partial charge in [0.15, 0.2) is 0 Å². The Labute approximate surface area is 126 Å². The van der Waals surface area contributed by atoms with Gasteiger partial charge in [-0.15, -0.1) is 0 Å². The minimum Gasteiger partial charge on any atom is -0.396 e. The highest BCUT2D eigenvalue weighted by molar-refractivity contribution is 5.92. The molecule has 5 heteroatoms. The van der Waals surface area contributed by atoms with E-state index in [0.29, 0.717) is 12.5 Å². The molecule has 1 amide bonds. The van der Waals surface area contributed by atoms with Crippen LogP contribution in [0.15, 0.2) is 24.3 Å². The van der Waals surface area contributed by atoms with Crippen molar-refractivity contribution in [1.29, 1.82) is 0 Å². The number of likely N-dealkylation sites (tertiary alicyclic amines) is 1. The van der Waals surface area contributed by atoms with Crippen LogP contribution in [-0.2, 0) is 4.79 Å². The van der Waals surface area contributed by atoms with E-state index in [9.17, 15) is 9.90 Å². The number of hydrogen-bond donors (Lipinski definition) is 2. The van der Waals surface area contributed by atoms with E-state index in [2.05, 4.69) is 10.2 Å². The van der Waals surface area contributed by atoms with Crippen LogP contribution in [-0.4, -0.2) is 56.3 Å². The molecule has 0 saturated carbocycles. The minimum atomic E-state index is 0.00573. The van der Waals surface area contributed by atoms with Crippen LogP contribution >= 0.6 is 0 Å². The van der Waals surface area contributed by atoms with Crippen molar-refractivity contribution >= 4 is 17.3 Å². The maximum atomic E-state index is 12.1. The lowest BCUT2D eigenvalue weighted by Crippen LogP contribution is -2.41. The normalized spacial score (nSPS) is 19.3. The van der Waals surface area contributed by atoms with Crippen molar-refractivity contribution in [2.24, 2.45) is 5.92 Å². The van der Waals surface area contributed by atoms with E-state index in [1.807, 2.05) is 43.3 Å². The molecular weight excluding hydrogens is 266 g/mol. The average molecular weight is 291 g/mol. The molecule has 2 N–H and O–H groups in total. The maximum Gasteiger partial charge on any atom is 0.238 e. The fraction of sp³-hybridized carbons (Fsp3) is 0.562. The van der Waals surface area contributed by atoms with E-state index in [1.165, 1.54) is 0 Å². The van der Waals surface area contributed by atoms with Crippen LogP contribution in [0, 0.1) is 5.92 Å². The van der Waals surface area contributed by atoms with Crippen LogP contribution in [0.5, 0.6) is 0 Å². The number of nitrogens with one attached hydrogen (secondary N) is 1. The zero-order valence-electron chi connectivity index (χ0n) is 12.9. The largest absolute Gasteiger partial charge is 0.396 e. The molecule has 0 aliphatic carbocycles. The zero-order chi connectivity index (χ0) is 15.2. The van der Waals surface area contributed by atoms with Crippen molar-refractivity contribution in [3.05, 3.63) is 24.3 Å². The molecule has 1 aliphatic rings. The summed E-state index contributed by atoms with van der Waals surface area (Å²) in [4.78, 5) is 16.2. The number of anilines is 2. The molecule has 5 nitrogen and oxygen atoms in total. The molecule has 1 aromatic carbocycles. The topological polar surface area (TPSA) is 55.8 Å². The molecule has 1 fully saturated rings. The Balaban J connectivity index is 1.83. The maximum absolute atomic E-state index is 12.1. The van der Waals surface area contributed by atoms with Crippen molar-refractivity contribution in [2.75, 3.05) is 50.6 Å². The number of amides is 1. The van der Waals surface area contributed by atoms with Gasteiger partial charge in [-0.05, 0) is 49.6 Å². The molecule has 116 valence electrons. The number of carbonyl (C=O) groups excluding carboxylic acids is 1. The third-order valence-electron chi connectivity index (χ3n) is 3.90. The molecule has 1 atom stereocenters. The summed E-state index contributed by atoms with van der Waals surface area (Å²) >= 11 is 0. The number of hydrogen-bond acceptors (Lipinski definition) is 4. The highest BCUT2D eigenvalue weighted by Crippen LogP contribution is 2.17. The first kappa shape index (κ1) is 15.8. The lowest BCUT2D eigenvalue weighted by molar-refractivity contribution is -0.117. The molecule has 1 heterocycles. The van der Waals surface area contributed by atoms with E-state index in [-0.39, 0.29) is 12.5 Å². The Morgan fingerprint density at radius 2 is 2.10 bits per heavy atom. The minimum absolute atomic E-state index is 0.00573. The van der Waals surface area contributed by atoms with E-state index in [0.717, 1.165) is 37.3 Å². The molecule has 1 unspecified atom stereocenters. The standard InChI is InChI=1S/C16H25N3O2/c1-18(2)15-7-5-14(6-8-15)17-16(21)11-19-9-3-4-13(10-19)12-20/h5-8,13,20H,3-4,9-12H2,1-2H3,(H,17,21). The number of aliphatic hydroxyl groups excluding tert-OH is 1. The quantitative estimate of drug-likeness (QED) is 0.861. The lowest BCUT2D eigenvalue weighted by atomic mass is 9.99. The molecule has 0 bridgehead atoms. The fourth-order valence-corrected chi connectivity index (χ4v) is 2.69. The van der Waals surface area contributed by atoms with Crippen molar-refractivity contribution in [3.63, 3.8) is 0 Å². The van der Waals surface area contributed by atoms with Crippen molar-refractivity contribution < 1.29 is 9.90 Å². The van der Waals surface area contributed by atoms with E-state index >= 15 is 0 Å². The van der Waals surface area contributed by atoms with Gasteiger partial charge in [0.25, 0.3) is 0 Å². The van der Waals surface area contributed by atoms with Gasteiger partial charge in [0.2, 0.25) is 5.91 Å². The van der Waals surface area contributed by atoms with Gasteiger partial charge in [-0.3, -0.25) is 9.69 Å². The first-order valence-electron chi connectivity index (χ1n) is 7.49. The van der Waals surface area contributed by atoms with Crippen LogP contribution in [0.1, 0.15) is 12.8 Å². The van der Waals surface area contributed by atoms with Gasteiger partial charge >= 0.3 is 0 Å². The number of rotatable bonds is 5. The lowest BCUT2D eigenvalue weighted by Gasteiger charge is -2.31. The van der Waals surface area contributed by atoms with Crippen LogP contribution in [0.4, 0.5) is 11.4 Å². The summed E-state index contributed by atoms with van der Waals surface area (Å²) in [5.74, 6) is 0.317. The summed E-state index contributed by atoms with van der Waals surface area (Å²) in [7, 11) is 3.98. The summed E-state index contributed by atoms with van der Waals surface area (Å²) < 4.78 is 0. The van der Waals surface area contributed by atoms with Crippen LogP contribution in [0.25, 0.3) is 0 Å². The van der Waals surface area contributed by atoms with Gasteiger partial charge in [0.05, 0.1) is 6.54 Å². The van der Waals surface area contributed by atoms with Crippen molar-refractivity contribution in [1.82, 2.24) is 4.90 Å². The van der Waals surface area contributed by atoms with Gasteiger partial charge in [0, 0.05) is 38.6 Å². The number of piperidine rings is 1. The molecule has 0 spiro atoms. The Hall–Kier alpha value is -1.59. The number of benzene rings is 1. The van der Waals surface area contributed by atoms with E-state index in [1.54, 1.807) is 0 Å². The monoisotopic (exact) mass is 291 g/mol. The Morgan fingerprint density at radius 3 is 2.71 bits per heavy atom. The van der Waals surface area contributed by atoms with Crippen LogP contribution in [0.3, 0.4) is 0 Å². The molecule has 0 aromatic heterocycles. The number of carbonyl (C=O) groups is 1. The number of aliphatic hydroxyl groups is 1. The first-order chi connectivity index (χ1) is 10.1. The van der Waals surface area contributed by atoms with Crippen molar-refractivity contribution in [3.8, 4) is 0 Å². The van der Waals surface area contributed by atoms with Gasteiger partial charge in [-0.2, -0.15) is 0 Å². The molecule has 21 heavy (non-hydrogen) atoms. The zero-order valence-corrected chi connectivity index (χ0v) is 12.9. The summed E-state index contributed by atoms with van der Waals surface area (Å²) in [5, 5.41) is 12.1. The highest BCUT2D eigenvalue weighted by Gasteiger charge is 2.20. The predicted molar refractivity (Wildman–Crippen MR) is 85.6 cm³/mol. The van der Waals surface area contributed by atoms with E-state index in [4.69, 9.17) is 0 Å². The highest BCUT2D eigenvalue weighted by atomic mass is 16.3. The second-order valence-corrected chi connectivity index (χ2v) is 5.92. The average Bonchev–Trinajstić information content (AvgIpc) is 2.47. The summed E-state index contributed by atoms with van der Waals surface area (Å²) in [6, 6.07) is 7.80. The van der Waals surface area contributed by atoms with Gasteiger partial charge in [-0.1, -0.05) is 0 Å². The molecule has 0 radical (unpaired) electrons. The van der Waals surface area contributed by atoms with Crippen LogP contribution < -0.4 is 10.2 Å². The number of nitrogens with zero attached hydrogens (tertiary/aromatic N) is 2. The third-order valence-corrected chi connectivity index (χ3v) is 3.90.